The van der Waals surface area contributed by atoms with Crippen molar-refractivity contribution in [1.29, 1.82) is 0 Å². The van der Waals surface area contributed by atoms with Crippen LogP contribution < -0.4 is 4.90 Å². The molecule has 0 bridgehead atoms. The maximum Gasteiger partial charge on any atom is 0.339 e. The first-order chi connectivity index (χ1) is 12.2. The number of methoxy groups -OCH3 is 1. The van der Waals surface area contributed by atoms with Crippen molar-refractivity contribution >= 4 is 33.3 Å². The SMILES string of the molecule is COC(=O)c1cc(S(=O)(=O)N(C)Cc2ccc(N(C)C)cc2)ccc1Cl. The van der Waals surface area contributed by atoms with Gasteiger partial charge in [0.15, 0.2) is 0 Å². The molecule has 0 amide bonds. The molecular formula is C18H21ClN2O4S. The second-order valence-corrected chi connectivity index (χ2v) is 8.41. The number of halogens is 1. The molecule has 6 nitrogen and oxygen atoms in total. The van der Waals surface area contributed by atoms with E-state index in [-0.39, 0.29) is 22.0 Å². The molecule has 0 aromatic heterocycles. The molecule has 2 aromatic carbocycles. The van der Waals surface area contributed by atoms with E-state index in [2.05, 4.69) is 4.74 Å². The van der Waals surface area contributed by atoms with Gasteiger partial charge in [0.05, 0.1) is 22.6 Å². The summed E-state index contributed by atoms with van der Waals surface area (Å²) in [7, 11) is 2.78. The van der Waals surface area contributed by atoms with Gasteiger partial charge < -0.3 is 9.64 Å². The van der Waals surface area contributed by atoms with Crippen LogP contribution in [0.3, 0.4) is 0 Å². The predicted octanol–water partition coefficient (Wildman–Crippen LogP) is 3.01. The summed E-state index contributed by atoms with van der Waals surface area (Å²) >= 11 is 5.96. The Labute approximate surface area is 159 Å². The van der Waals surface area contributed by atoms with Gasteiger partial charge in [0.1, 0.15) is 0 Å². The summed E-state index contributed by atoms with van der Waals surface area (Å²) in [6.07, 6.45) is 0. The number of hydrogen-bond acceptors (Lipinski definition) is 5. The largest absolute Gasteiger partial charge is 0.465 e. The standard InChI is InChI=1S/C18H21ClN2O4S/c1-20(2)14-7-5-13(6-8-14)12-21(3)26(23,24)15-9-10-17(19)16(11-15)18(22)25-4/h5-11H,12H2,1-4H3. The summed E-state index contributed by atoms with van der Waals surface area (Å²) in [4.78, 5) is 13.7. The maximum atomic E-state index is 12.8. The van der Waals surface area contributed by atoms with Gasteiger partial charge in [-0.3, -0.25) is 0 Å². The Morgan fingerprint density at radius 3 is 2.23 bits per heavy atom. The van der Waals surface area contributed by atoms with E-state index in [1.165, 1.54) is 36.7 Å². The first kappa shape index (κ1) is 20.2. The van der Waals surface area contributed by atoms with E-state index >= 15 is 0 Å². The molecule has 0 aliphatic carbocycles. The molecule has 0 aliphatic heterocycles. The van der Waals surface area contributed by atoms with Crippen LogP contribution in [0, 0.1) is 0 Å². The third-order valence-electron chi connectivity index (χ3n) is 3.91. The fraction of sp³-hybridized carbons (Fsp3) is 0.278. The van der Waals surface area contributed by atoms with Crippen molar-refractivity contribution in [2.75, 3.05) is 33.2 Å². The molecule has 0 saturated heterocycles. The summed E-state index contributed by atoms with van der Waals surface area (Å²) in [6, 6.07) is 11.6. The lowest BCUT2D eigenvalue weighted by Crippen LogP contribution is -2.26. The van der Waals surface area contributed by atoms with Crippen LogP contribution in [-0.4, -0.2) is 46.9 Å². The lowest BCUT2D eigenvalue weighted by Gasteiger charge is -2.19. The second-order valence-electron chi connectivity index (χ2n) is 5.96. The normalized spacial score (nSPS) is 11.5. The van der Waals surface area contributed by atoms with Crippen molar-refractivity contribution in [2.45, 2.75) is 11.4 Å². The number of ether oxygens (including phenoxy) is 1. The molecule has 0 saturated carbocycles. The Kier molecular flexibility index (Phi) is 6.28. The number of rotatable bonds is 6. The van der Waals surface area contributed by atoms with Crippen LogP contribution in [0.1, 0.15) is 15.9 Å². The fourth-order valence-electron chi connectivity index (χ4n) is 2.35. The molecule has 0 N–H and O–H groups in total. The predicted molar refractivity (Wildman–Crippen MR) is 102 cm³/mol. The highest BCUT2D eigenvalue weighted by molar-refractivity contribution is 7.89. The number of nitrogens with zero attached hydrogens (tertiary/aromatic N) is 2. The fourth-order valence-corrected chi connectivity index (χ4v) is 3.73. The Morgan fingerprint density at radius 2 is 1.69 bits per heavy atom. The molecule has 0 heterocycles. The summed E-state index contributed by atoms with van der Waals surface area (Å²) in [5.74, 6) is -0.686. The minimum atomic E-state index is -3.79. The zero-order valence-corrected chi connectivity index (χ0v) is 16.6. The summed E-state index contributed by atoms with van der Waals surface area (Å²) in [5, 5.41) is 0.137. The molecule has 0 radical (unpaired) electrons. The van der Waals surface area contributed by atoms with Gasteiger partial charge in [0, 0.05) is 33.4 Å². The molecule has 0 fully saturated rings. The number of carbonyl (C=O) groups excluding carboxylic acids is 1. The van der Waals surface area contributed by atoms with Crippen molar-refractivity contribution < 1.29 is 17.9 Å². The topological polar surface area (TPSA) is 66.9 Å². The highest BCUT2D eigenvalue weighted by atomic mass is 35.5. The van der Waals surface area contributed by atoms with Gasteiger partial charge in [-0.05, 0) is 35.9 Å². The Balaban J connectivity index is 2.27. The van der Waals surface area contributed by atoms with E-state index in [1.54, 1.807) is 0 Å². The van der Waals surface area contributed by atoms with E-state index < -0.39 is 16.0 Å². The average molecular weight is 397 g/mol. The average Bonchev–Trinajstić information content (AvgIpc) is 2.61. The van der Waals surface area contributed by atoms with Crippen molar-refractivity contribution in [3.8, 4) is 0 Å². The number of hydrogen-bond donors (Lipinski definition) is 0. The third kappa shape index (κ3) is 4.35. The maximum absolute atomic E-state index is 12.8. The van der Waals surface area contributed by atoms with Crippen molar-refractivity contribution in [1.82, 2.24) is 4.31 Å². The van der Waals surface area contributed by atoms with Gasteiger partial charge in [-0.2, -0.15) is 4.31 Å². The Morgan fingerprint density at radius 1 is 1.08 bits per heavy atom. The van der Waals surface area contributed by atoms with E-state index in [1.807, 2.05) is 43.3 Å². The Bertz CT molecular complexity index is 896. The lowest BCUT2D eigenvalue weighted by atomic mass is 10.2. The van der Waals surface area contributed by atoms with Gasteiger partial charge in [-0.25, -0.2) is 13.2 Å². The van der Waals surface area contributed by atoms with Crippen molar-refractivity contribution in [2.24, 2.45) is 0 Å². The van der Waals surface area contributed by atoms with Gasteiger partial charge in [0.2, 0.25) is 10.0 Å². The minimum Gasteiger partial charge on any atom is -0.465 e. The number of sulfonamides is 1. The monoisotopic (exact) mass is 396 g/mol. The summed E-state index contributed by atoms with van der Waals surface area (Å²) in [5.41, 5.74) is 1.89. The van der Waals surface area contributed by atoms with Crippen molar-refractivity contribution in [3.05, 3.63) is 58.6 Å². The molecule has 26 heavy (non-hydrogen) atoms. The van der Waals surface area contributed by atoms with Gasteiger partial charge in [-0.15, -0.1) is 0 Å². The summed E-state index contributed by atoms with van der Waals surface area (Å²) < 4.78 is 31.5. The molecule has 0 aliphatic rings. The number of benzene rings is 2. The minimum absolute atomic E-state index is 0.0129. The van der Waals surface area contributed by atoms with Crippen LogP contribution in [0.25, 0.3) is 0 Å². The molecule has 0 unspecified atom stereocenters. The van der Waals surface area contributed by atoms with Gasteiger partial charge >= 0.3 is 5.97 Å². The Hall–Kier alpha value is -2.09. The van der Waals surface area contributed by atoms with Crippen LogP contribution in [0.15, 0.2) is 47.4 Å². The zero-order chi connectivity index (χ0) is 19.5. The highest BCUT2D eigenvalue weighted by Gasteiger charge is 2.23. The van der Waals surface area contributed by atoms with E-state index in [4.69, 9.17) is 11.6 Å². The first-order valence-corrected chi connectivity index (χ1v) is 9.59. The van der Waals surface area contributed by atoms with Crippen LogP contribution in [-0.2, 0) is 21.3 Å². The van der Waals surface area contributed by atoms with E-state index in [0.29, 0.717) is 0 Å². The van der Waals surface area contributed by atoms with Crippen LogP contribution in [0.4, 0.5) is 5.69 Å². The second kappa shape index (κ2) is 8.07. The quantitative estimate of drug-likeness (QED) is 0.702. The number of esters is 1. The molecule has 0 atom stereocenters. The molecule has 0 spiro atoms. The zero-order valence-electron chi connectivity index (χ0n) is 15.1. The van der Waals surface area contributed by atoms with Gasteiger partial charge in [0.25, 0.3) is 0 Å². The summed E-state index contributed by atoms with van der Waals surface area (Å²) in [6.45, 7) is 0.201. The lowest BCUT2D eigenvalue weighted by molar-refractivity contribution is 0.0600. The van der Waals surface area contributed by atoms with Gasteiger partial charge in [-0.1, -0.05) is 23.7 Å². The number of anilines is 1. The third-order valence-corrected chi connectivity index (χ3v) is 6.04. The molecule has 2 rings (SSSR count). The van der Waals surface area contributed by atoms with E-state index in [0.717, 1.165) is 11.3 Å². The van der Waals surface area contributed by atoms with Crippen LogP contribution >= 0.6 is 11.6 Å². The first-order valence-electron chi connectivity index (χ1n) is 7.77. The van der Waals surface area contributed by atoms with Crippen LogP contribution in [0.5, 0.6) is 0 Å². The molecule has 2 aromatic rings. The molecule has 8 heteroatoms. The number of carbonyl (C=O) groups is 1. The molecule has 140 valence electrons. The smallest absolute Gasteiger partial charge is 0.339 e. The molecular weight excluding hydrogens is 376 g/mol. The van der Waals surface area contributed by atoms with E-state index in [9.17, 15) is 13.2 Å². The van der Waals surface area contributed by atoms with Crippen LogP contribution in [0.2, 0.25) is 5.02 Å². The van der Waals surface area contributed by atoms with Crippen molar-refractivity contribution in [3.63, 3.8) is 0 Å². The highest BCUT2D eigenvalue weighted by Crippen LogP contribution is 2.24.